The molecule has 0 amide bonds. The van der Waals surface area contributed by atoms with Crippen LogP contribution in [0.15, 0.2) is 4.42 Å². The average Bonchev–Trinajstić information content (AvgIpc) is 2.74. The van der Waals surface area contributed by atoms with Gasteiger partial charge >= 0.3 is 6.01 Å². The molecular weight excluding hydrogens is 230 g/mol. The Bertz CT molecular complexity index is 378. The first-order valence-corrected chi connectivity index (χ1v) is 6.66. The zero-order chi connectivity index (χ0) is 13.1. The lowest BCUT2D eigenvalue weighted by molar-refractivity contribution is 0.324. The second-order valence-electron chi connectivity index (χ2n) is 5.08. The van der Waals surface area contributed by atoms with E-state index in [1.807, 2.05) is 6.92 Å². The highest BCUT2D eigenvalue weighted by molar-refractivity contribution is 5.27. The molecule has 0 spiro atoms. The summed E-state index contributed by atoms with van der Waals surface area (Å²) in [6.45, 7) is 7.15. The summed E-state index contributed by atoms with van der Waals surface area (Å²) < 4.78 is 5.67. The Morgan fingerprint density at radius 2 is 2.22 bits per heavy atom. The van der Waals surface area contributed by atoms with Gasteiger partial charge in [0.25, 0.3) is 0 Å². The number of hydrogen-bond donors (Lipinski definition) is 1. The predicted octanol–water partition coefficient (Wildman–Crippen LogP) is 1.01. The van der Waals surface area contributed by atoms with Gasteiger partial charge in [-0.1, -0.05) is 12.0 Å². The van der Waals surface area contributed by atoms with E-state index in [-0.39, 0.29) is 6.04 Å². The van der Waals surface area contributed by atoms with Crippen molar-refractivity contribution >= 4 is 6.01 Å². The van der Waals surface area contributed by atoms with Crippen LogP contribution in [0.5, 0.6) is 0 Å². The van der Waals surface area contributed by atoms with Crippen molar-refractivity contribution in [2.24, 2.45) is 5.73 Å². The van der Waals surface area contributed by atoms with Crippen LogP contribution >= 0.6 is 0 Å². The molecule has 1 fully saturated rings. The highest BCUT2D eigenvalue weighted by Crippen LogP contribution is 2.22. The van der Waals surface area contributed by atoms with Gasteiger partial charge in [-0.25, -0.2) is 0 Å². The van der Waals surface area contributed by atoms with Crippen molar-refractivity contribution in [3.8, 4) is 0 Å². The largest absolute Gasteiger partial charge is 0.406 e. The lowest BCUT2D eigenvalue weighted by Crippen LogP contribution is -2.40. The number of rotatable bonds is 3. The summed E-state index contributed by atoms with van der Waals surface area (Å²) >= 11 is 0. The fourth-order valence-corrected chi connectivity index (χ4v) is 2.37. The van der Waals surface area contributed by atoms with Crippen LogP contribution in [-0.2, 0) is 0 Å². The van der Waals surface area contributed by atoms with Gasteiger partial charge in [-0.15, -0.1) is 5.10 Å². The summed E-state index contributed by atoms with van der Waals surface area (Å²) in [6, 6.07) is 0.837. The number of aromatic nitrogens is 2. The van der Waals surface area contributed by atoms with Crippen molar-refractivity contribution in [3.63, 3.8) is 0 Å². The molecule has 0 bridgehead atoms. The molecule has 6 heteroatoms. The Morgan fingerprint density at radius 3 is 2.83 bits per heavy atom. The highest BCUT2D eigenvalue weighted by Gasteiger charge is 2.26. The first kappa shape index (κ1) is 13.3. The Hall–Kier alpha value is -1.14. The van der Waals surface area contributed by atoms with Crippen molar-refractivity contribution in [3.05, 3.63) is 5.89 Å². The van der Waals surface area contributed by atoms with E-state index in [9.17, 15) is 0 Å². The fraction of sp³-hybridized carbons (Fsp3) is 0.833. The van der Waals surface area contributed by atoms with Gasteiger partial charge in [0, 0.05) is 19.1 Å². The molecule has 6 nitrogen and oxygen atoms in total. The second-order valence-corrected chi connectivity index (χ2v) is 5.08. The van der Waals surface area contributed by atoms with Gasteiger partial charge in [-0.05, 0) is 33.4 Å². The van der Waals surface area contributed by atoms with E-state index < -0.39 is 0 Å². The van der Waals surface area contributed by atoms with Gasteiger partial charge in [0.05, 0.1) is 6.04 Å². The fourth-order valence-electron chi connectivity index (χ4n) is 2.37. The third-order valence-corrected chi connectivity index (χ3v) is 3.44. The zero-order valence-electron chi connectivity index (χ0n) is 11.5. The standard InChI is InChI=1S/C12H23N5O/c1-4-10-8-16(3)6-5-7-17(10)12-15-14-11(18-12)9(2)13/h9-10H,4-8,13H2,1-3H3. The molecule has 1 aliphatic heterocycles. The van der Waals surface area contributed by atoms with Crippen molar-refractivity contribution in [2.75, 3.05) is 31.6 Å². The summed E-state index contributed by atoms with van der Waals surface area (Å²) in [6.07, 6.45) is 2.18. The maximum Gasteiger partial charge on any atom is 0.318 e. The van der Waals surface area contributed by atoms with Gasteiger partial charge in [0.15, 0.2) is 0 Å². The lowest BCUT2D eigenvalue weighted by Gasteiger charge is -2.28. The van der Waals surface area contributed by atoms with Crippen molar-refractivity contribution < 1.29 is 4.42 Å². The molecule has 0 aliphatic carbocycles. The molecule has 0 radical (unpaired) electrons. The van der Waals surface area contributed by atoms with Crippen LogP contribution < -0.4 is 10.6 Å². The molecule has 2 heterocycles. The number of hydrogen-bond acceptors (Lipinski definition) is 6. The van der Waals surface area contributed by atoms with Crippen LogP contribution in [0.25, 0.3) is 0 Å². The Kier molecular flexibility index (Phi) is 4.19. The topological polar surface area (TPSA) is 71.4 Å². The minimum absolute atomic E-state index is 0.207. The molecule has 1 aromatic heterocycles. The Labute approximate surface area is 108 Å². The van der Waals surface area contributed by atoms with Crippen LogP contribution in [0.4, 0.5) is 6.01 Å². The summed E-state index contributed by atoms with van der Waals surface area (Å²) in [5, 5.41) is 8.15. The van der Waals surface area contributed by atoms with E-state index in [0.717, 1.165) is 32.5 Å². The summed E-state index contributed by atoms with van der Waals surface area (Å²) in [7, 11) is 2.16. The number of anilines is 1. The molecule has 18 heavy (non-hydrogen) atoms. The minimum Gasteiger partial charge on any atom is -0.406 e. The smallest absolute Gasteiger partial charge is 0.318 e. The van der Waals surface area contributed by atoms with E-state index in [4.69, 9.17) is 10.2 Å². The molecule has 2 rings (SSSR count). The van der Waals surface area contributed by atoms with E-state index in [1.54, 1.807) is 0 Å². The van der Waals surface area contributed by atoms with Crippen molar-refractivity contribution in [2.45, 2.75) is 38.8 Å². The molecule has 1 aliphatic rings. The van der Waals surface area contributed by atoms with Crippen LogP contribution in [0.2, 0.25) is 0 Å². The normalized spacial score (nSPS) is 24.0. The van der Waals surface area contributed by atoms with E-state index >= 15 is 0 Å². The SMILES string of the molecule is CCC1CN(C)CCCN1c1nnc(C(C)N)o1. The molecule has 2 unspecified atom stereocenters. The quantitative estimate of drug-likeness (QED) is 0.867. The van der Waals surface area contributed by atoms with E-state index in [2.05, 4.69) is 34.0 Å². The van der Waals surface area contributed by atoms with Crippen LogP contribution in [-0.4, -0.2) is 47.8 Å². The summed E-state index contributed by atoms with van der Waals surface area (Å²) in [4.78, 5) is 4.58. The number of likely N-dealkylation sites (N-methyl/N-ethyl adjacent to an activating group) is 1. The molecule has 1 aromatic rings. The van der Waals surface area contributed by atoms with Crippen LogP contribution in [0.3, 0.4) is 0 Å². The molecule has 2 N–H and O–H groups in total. The Morgan fingerprint density at radius 1 is 1.44 bits per heavy atom. The van der Waals surface area contributed by atoms with Gasteiger partial charge in [-0.3, -0.25) is 0 Å². The summed E-state index contributed by atoms with van der Waals surface area (Å²) in [5.74, 6) is 0.512. The van der Waals surface area contributed by atoms with Crippen LogP contribution in [0, 0.1) is 0 Å². The third-order valence-electron chi connectivity index (χ3n) is 3.44. The Balaban J connectivity index is 2.17. The summed E-state index contributed by atoms with van der Waals surface area (Å²) in [5.41, 5.74) is 5.75. The number of nitrogens with two attached hydrogens (primary N) is 1. The van der Waals surface area contributed by atoms with E-state index in [0.29, 0.717) is 17.9 Å². The third kappa shape index (κ3) is 2.81. The first-order chi connectivity index (χ1) is 8.61. The van der Waals surface area contributed by atoms with Gasteiger partial charge in [0.1, 0.15) is 0 Å². The molecule has 2 atom stereocenters. The van der Waals surface area contributed by atoms with Crippen molar-refractivity contribution in [1.82, 2.24) is 15.1 Å². The van der Waals surface area contributed by atoms with Gasteiger partial charge in [-0.2, -0.15) is 0 Å². The first-order valence-electron chi connectivity index (χ1n) is 6.66. The molecule has 102 valence electrons. The predicted molar refractivity (Wildman–Crippen MR) is 70.4 cm³/mol. The highest BCUT2D eigenvalue weighted by atomic mass is 16.4. The molecule has 1 saturated heterocycles. The molecular formula is C12H23N5O. The maximum atomic E-state index is 5.75. The van der Waals surface area contributed by atoms with Gasteiger partial charge in [0.2, 0.25) is 5.89 Å². The minimum atomic E-state index is -0.207. The van der Waals surface area contributed by atoms with E-state index in [1.165, 1.54) is 0 Å². The zero-order valence-corrected chi connectivity index (χ0v) is 11.5. The second kappa shape index (κ2) is 5.67. The lowest BCUT2D eigenvalue weighted by atomic mass is 10.2. The number of nitrogens with zero attached hydrogens (tertiary/aromatic N) is 4. The maximum absolute atomic E-state index is 5.75. The molecule has 0 aromatic carbocycles. The van der Waals surface area contributed by atoms with Gasteiger partial charge < -0.3 is 20.0 Å². The van der Waals surface area contributed by atoms with Crippen LogP contribution in [0.1, 0.15) is 38.6 Å². The average molecular weight is 253 g/mol. The monoisotopic (exact) mass is 253 g/mol. The molecule has 0 saturated carbocycles. The van der Waals surface area contributed by atoms with Crippen molar-refractivity contribution in [1.29, 1.82) is 0 Å².